The van der Waals surface area contributed by atoms with Crippen molar-refractivity contribution in [2.45, 2.75) is 31.7 Å². The molecule has 0 atom stereocenters. The molecular formula is C11H16ClN. The van der Waals surface area contributed by atoms with Crippen LogP contribution in [-0.4, -0.2) is 6.04 Å². The second kappa shape index (κ2) is 5.13. The highest BCUT2D eigenvalue weighted by Crippen LogP contribution is 2.21. The van der Waals surface area contributed by atoms with E-state index in [1.54, 1.807) is 0 Å². The molecule has 0 spiro atoms. The van der Waals surface area contributed by atoms with Crippen LogP contribution in [0.2, 0.25) is 0 Å². The molecule has 0 heterocycles. The molecule has 2 rings (SSSR count). The van der Waals surface area contributed by atoms with E-state index >= 15 is 0 Å². The fourth-order valence-electron chi connectivity index (χ4n) is 1.84. The zero-order valence-corrected chi connectivity index (χ0v) is 8.52. The summed E-state index contributed by atoms with van der Waals surface area (Å²) >= 11 is 0. The predicted octanol–water partition coefficient (Wildman–Crippen LogP) is 3.46. The highest BCUT2D eigenvalue weighted by Gasteiger charge is 2.13. The first-order chi connectivity index (χ1) is 5.95. The SMILES string of the molecule is Cl.c1ccc(NC2CCCC2)cc1. The summed E-state index contributed by atoms with van der Waals surface area (Å²) in [7, 11) is 0. The van der Waals surface area contributed by atoms with E-state index in [4.69, 9.17) is 0 Å². The maximum Gasteiger partial charge on any atom is 0.0342 e. The molecule has 1 aliphatic carbocycles. The van der Waals surface area contributed by atoms with Crippen molar-refractivity contribution in [3.8, 4) is 0 Å². The largest absolute Gasteiger partial charge is 0.382 e. The Kier molecular flexibility index (Phi) is 4.10. The van der Waals surface area contributed by atoms with Crippen LogP contribution >= 0.6 is 12.4 Å². The summed E-state index contributed by atoms with van der Waals surface area (Å²) in [6.07, 6.45) is 5.47. The highest BCUT2D eigenvalue weighted by molar-refractivity contribution is 5.85. The first kappa shape index (κ1) is 10.4. The highest BCUT2D eigenvalue weighted by atomic mass is 35.5. The van der Waals surface area contributed by atoms with E-state index in [0.29, 0.717) is 0 Å². The Morgan fingerprint density at radius 2 is 1.62 bits per heavy atom. The van der Waals surface area contributed by atoms with Crippen molar-refractivity contribution in [2.75, 3.05) is 5.32 Å². The molecule has 0 aromatic heterocycles. The molecule has 2 heteroatoms. The topological polar surface area (TPSA) is 12.0 Å². The van der Waals surface area contributed by atoms with Gasteiger partial charge in [-0.3, -0.25) is 0 Å². The molecule has 1 aromatic carbocycles. The number of halogens is 1. The van der Waals surface area contributed by atoms with Gasteiger partial charge >= 0.3 is 0 Å². The molecule has 72 valence electrons. The van der Waals surface area contributed by atoms with E-state index < -0.39 is 0 Å². The van der Waals surface area contributed by atoms with Gasteiger partial charge in [0.05, 0.1) is 0 Å². The molecule has 1 aromatic rings. The minimum atomic E-state index is 0. The first-order valence-electron chi connectivity index (χ1n) is 4.77. The van der Waals surface area contributed by atoms with Gasteiger partial charge in [-0.15, -0.1) is 12.4 Å². The number of nitrogens with one attached hydrogen (secondary N) is 1. The second-order valence-electron chi connectivity index (χ2n) is 3.49. The van der Waals surface area contributed by atoms with E-state index in [2.05, 4.69) is 35.6 Å². The third-order valence-electron chi connectivity index (χ3n) is 2.50. The van der Waals surface area contributed by atoms with Crippen LogP contribution in [-0.2, 0) is 0 Å². The number of para-hydroxylation sites is 1. The van der Waals surface area contributed by atoms with Gasteiger partial charge in [-0.2, -0.15) is 0 Å². The summed E-state index contributed by atoms with van der Waals surface area (Å²) < 4.78 is 0. The predicted molar refractivity (Wildman–Crippen MR) is 59.6 cm³/mol. The van der Waals surface area contributed by atoms with E-state index in [-0.39, 0.29) is 12.4 Å². The van der Waals surface area contributed by atoms with Crippen molar-refractivity contribution < 1.29 is 0 Å². The Morgan fingerprint density at radius 3 is 2.23 bits per heavy atom. The van der Waals surface area contributed by atoms with E-state index in [9.17, 15) is 0 Å². The van der Waals surface area contributed by atoms with Gasteiger partial charge in [0.2, 0.25) is 0 Å². The number of hydrogen-bond acceptors (Lipinski definition) is 1. The maximum atomic E-state index is 3.54. The normalized spacial score (nSPS) is 16.6. The summed E-state index contributed by atoms with van der Waals surface area (Å²) in [6, 6.07) is 11.2. The third-order valence-corrected chi connectivity index (χ3v) is 2.50. The zero-order valence-electron chi connectivity index (χ0n) is 7.70. The summed E-state index contributed by atoms with van der Waals surface area (Å²) in [4.78, 5) is 0. The Labute approximate surface area is 86.0 Å². The molecule has 0 saturated heterocycles. The molecule has 0 amide bonds. The average Bonchev–Trinajstić information content (AvgIpc) is 2.59. The molecule has 0 unspecified atom stereocenters. The second-order valence-corrected chi connectivity index (χ2v) is 3.49. The molecule has 13 heavy (non-hydrogen) atoms. The van der Waals surface area contributed by atoms with Gasteiger partial charge in [-0.25, -0.2) is 0 Å². The Balaban J connectivity index is 0.000000845. The third kappa shape index (κ3) is 2.92. The maximum absolute atomic E-state index is 3.54. The minimum absolute atomic E-state index is 0. The fourth-order valence-corrected chi connectivity index (χ4v) is 1.84. The fraction of sp³-hybridized carbons (Fsp3) is 0.455. The van der Waals surface area contributed by atoms with Crippen LogP contribution < -0.4 is 5.32 Å². The summed E-state index contributed by atoms with van der Waals surface area (Å²) in [5.41, 5.74) is 1.27. The van der Waals surface area contributed by atoms with E-state index in [0.717, 1.165) is 6.04 Å². The standard InChI is InChI=1S/C11H15N.ClH/c1-2-6-10(7-3-1)12-11-8-4-5-9-11;/h1-3,6-7,11-12H,4-5,8-9H2;1H. The minimum Gasteiger partial charge on any atom is -0.382 e. The molecule has 1 saturated carbocycles. The summed E-state index contributed by atoms with van der Waals surface area (Å²) in [6.45, 7) is 0. The summed E-state index contributed by atoms with van der Waals surface area (Å²) in [5.74, 6) is 0. The number of rotatable bonds is 2. The van der Waals surface area contributed by atoms with Gasteiger partial charge in [0, 0.05) is 11.7 Å². The van der Waals surface area contributed by atoms with Crippen LogP contribution in [0.3, 0.4) is 0 Å². The first-order valence-corrected chi connectivity index (χ1v) is 4.77. The average molecular weight is 198 g/mol. The molecule has 0 aliphatic heterocycles. The van der Waals surface area contributed by atoms with Crippen molar-refractivity contribution in [3.05, 3.63) is 30.3 Å². The molecule has 1 nitrogen and oxygen atoms in total. The van der Waals surface area contributed by atoms with Crippen LogP contribution in [0.4, 0.5) is 5.69 Å². The lowest BCUT2D eigenvalue weighted by Gasteiger charge is -2.12. The van der Waals surface area contributed by atoms with E-state index in [1.165, 1.54) is 31.4 Å². The molecule has 1 aliphatic rings. The molecule has 0 radical (unpaired) electrons. The van der Waals surface area contributed by atoms with Crippen LogP contribution in [0, 0.1) is 0 Å². The van der Waals surface area contributed by atoms with Gasteiger partial charge in [-0.05, 0) is 25.0 Å². The van der Waals surface area contributed by atoms with Gasteiger partial charge < -0.3 is 5.32 Å². The van der Waals surface area contributed by atoms with Gasteiger partial charge in [0.15, 0.2) is 0 Å². The lowest BCUT2D eigenvalue weighted by atomic mass is 10.2. The Hall–Kier alpha value is -0.690. The quantitative estimate of drug-likeness (QED) is 0.766. The van der Waals surface area contributed by atoms with Crippen molar-refractivity contribution in [1.82, 2.24) is 0 Å². The number of anilines is 1. The lowest BCUT2D eigenvalue weighted by Crippen LogP contribution is -2.13. The molecule has 1 fully saturated rings. The van der Waals surface area contributed by atoms with Gasteiger partial charge in [0.25, 0.3) is 0 Å². The monoisotopic (exact) mass is 197 g/mol. The van der Waals surface area contributed by atoms with Crippen molar-refractivity contribution >= 4 is 18.1 Å². The van der Waals surface area contributed by atoms with Crippen LogP contribution in [0.1, 0.15) is 25.7 Å². The van der Waals surface area contributed by atoms with Crippen LogP contribution in [0.5, 0.6) is 0 Å². The molecular weight excluding hydrogens is 182 g/mol. The van der Waals surface area contributed by atoms with Crippen molar-refractivity contribution in [3.63, 3.8) is 0 Å². The molecule has 0 bridgehead atoms. The van der Waals surface area contributed by atoms with Gasteiger partial charge in [0.1, 0.15) is 0 Å². The smallest absolute Gasteiger partial charge is 0.0342 e. The van der Waals surface area contributed by atoms with Crippen LogP contribution in [0.15, 0.2) is 30.3 Å². The molecule has 1 N–H and O–H groups in total. The zero-order chi connectivity index (χ0) is 8.23. The van der Waals surface area contributed by atoms with Gasteiger partial charge in [-0.1, -0.05) is 31.0 Å². The lowest BCUT2D eigenvalue weighted by molar-refractivity contribution is 0.755. The van der Waals surface area contributed by atoms with Crippen molar-refractivity contribution in [2.24, 2.45) is 0 Å². The number of hydrogen-bond donors (Lipinski definition) is 1. The Bertz CT molecular complexity index is 229. The van der Waals surface area contributed by atoms with E-state index in [1.807, 2.05) is 0 Å². The Morgan fingerprint density at radius 1 is 1.00 bits per heavy atom. The van der Waals surface area contributed by atoms with Crippen molar-refractivity contribution in [1.29, 1.82) is 0 Å². The van der Waals surface area contributed by atoms with Crippen LogP contribution in [0.25, 0.3) is 0 Å². The number of benzene rings is 1. The summed E-state index contributed by atoms with van der Waals surface area (Å²) in [5, 5.41) is 3.54.